The number of nitrogens with one attached hydrogen (secondary N) is 2. The zero-order valence-corrected chi connectivity index (χ0v) is 14.6. The Bertz CT molecular complexity index is 884. The summed E-state index contributed by atoms with van der Waals surface area (Å²) in [6.07, 6.45) is 6.14. The minimum Gasteiger partial charge on any atom is -0.361 e. The van der Waals surface area contributed by atoms with Crippen LogP contribution < -0.4 is 5.32 Å². The van der Waals surface area contributed by atoms with Crippen LogP contribution in [0.2, 0.25) is 0 Å². The number of likely N-dealkylation sites (tertiary alicyclic amines) is 1. The van der Waals surface area contributed by atoms with Gasteiger partial charge in [-0.1, -0.05) is 6.58 Å². The van der Waals surface area contributed by atoms with Gasteiger partial charge in [-0.05, 0) is 49.1 Å². The number of rotatable bonds is 5. The molecule has 0 bridgehead atoms. The Morgan fingerprint density at radius 3 is 2.96 bits per heavy atom. The largest absolute Gasteiger partial charge is 0.361 e. The number of aryl methyl sites for hydroxylation is 1. The number of halogens is 1. The van der Waals surface area contributed by atoms with Crippen LogP contribution in [-0.4, -0.2) is 40.8 Å². The highest BCUT2D eigenvalue weighted by Crippen LogP contribution is 2.52. The maximum atomic E-state index is 13.5. The van der Waals surface area contributed by atoms with E-state index in [1.807, 2.05) is 11.1 Å². The van der Waals surface area contributed by atoms with E-state index < -0.39 is 0 Å². The van der Waals surface area contributed by atoms with Gasteiger partial charge >= 0.3 is 0 Å². The fourth-order valence-electron chi connectivity index (χ4n) is 4.01. The van der Waals surface area contributed by atoms with Gasteiger partial charge in [-0.15, -0.1) is 0 Å². The van der Waals surface area contributed by atoms with E-state index in [1.165, 1.54) is 18.2 Å². The molecule has 5 nitrogen and oxygen atoms in total. The van der Waals surface area contributed by atoms with Gasteiger partial charge in [0.1, 0.15) is 5.82 Å². The molecule has 1 saturated carbocycles. The Morgan fingerprint density at radius 1 is 1.42 bits per heavy atom. The predicted molar refractivity (Wildman–Crippen MR) is 97.0 cm³/mol. The van der Waals surface area contributed by atoms with Crippen molar-refractivity contribution in [3.63, 3.8) is 0 Å². The SMILES string of the molecule is C=CC(=O)NC1CN(C(=O)CCc2c[nH]c3ccc(F)cc23)CC12CC2. The lowest BCUT2D eigenvalue weighted by Crippen LogP contribution is -2.41. The van der Waals surface area contributed by atoms with Crippen molar-refractivity contribution in [2.75, 3.05) is 13.1 Å². The molecule has 2 fully saturated rings. The molecule has 1 unspecified atom stereocenters. The molecule has 1 saturated heterocycles. The number of nitrogens with zero attached hydrogens (tertiary/aromatic N) is 1. The molecule has 4 rings (SSSR count). The summed E-state index contributed by atoms with van der Waals surface area (Å²) in [6, 6.07) is 4.64. The van der Waals surface area contributed by atoms with Gasteiger partial charge in [0.25, 0.3) is 0 Å². The van der Waals surface area contributed by atoms with E-state index >= 15 is 0 Å². The van der Waals surface area contributed by atoms with Crippen LogP contribution in [0.3, 0.4) is 0 Å². The zero-order chi connectivity index (χ0) is 18.3. The summed E-state index contributed by atoms with van der Waals surface area (Å²) in [6.45, 7) is 4.75. The van der Waals surface area contributed by atoms with E-state index in [0.29, 0.717) is 25.9 Å². The van der Waals surface area contributed by atoms with Crippen LogP contribution in [0.15, 0.2) is 37.1 Å². The first-order valence-electron chi connectivity index (χ1n) is 8.97. The van der Waals surface area contributed by atoms with Crippen molar-refractivity contribution in [3.05, 3.63) is 48.4 Å². The summed E-state index contributed by atoms with van der Waals surface area (Å²) in [5.41, 5.74) is 1.88. The van der Waals surface area contributed by atoms with Gasteiger partial charge in [-0.3, -0.25) is 9.59 Å². The van der Waals surface area contributed by atoms with Gasteiger partial charge in [0.05, 0.1) is 6.04 Å². The van der Waals surface area contributed by atoms with E-state index in [0.717, 1.165) is 29.3 Å². The number of carbonyl (C=O) groups is 2. The van der Waals surface area contributed by atoms with Crippen molar-refractivity contribution in [2.24, 2.45) is 5.41 Å². The van der Waals surface area contributed by atoms with Crippen LogP contribution in [0.1, 0.15) is 24.8 Å². The van der Waals surface area contributed by atoms with E-state index in [4.69, 9.17) is 0 Å². The summed E-state index contributed by atoms with van der Waals surface area (Å²) in [7, 11) is 0. The number of aromatic nitrogens is 1. The molecule has 2 aromatic rings. The molecule has 1 spiro atoms. The first-order chi connectivity index (χ1) is 12.5. The number of H-pyrrole nitrogens is 1. The van der Waals surface area contributed by atoms with Gasteiger partial charge in [-0.25, -0.2) is 4.39 Å². The number of fused-ring (bicyclic) bond motifs is 1. The van der Waals surface area contributed by atoms with Crippen molar-refractivity contribution in [3.8, 4) is 0 Å². The van der Waals surface area contributed by atoms with E-state index in [9.17, 15) is 14.0 Å². The second-order valence-corrected chi connectivity index (χ2v) is 7.41. The Balaban J connectivity index is 1.40. The molecule has 2 aliphatic rings. The maximum Gasteiger partial charge on any atom is 0.243 e. The Kier molecular flexibility index (Phi) is 4.05. The first kappa shape index (κ1) is 16.8. The highest BCUT2D eigenvalue weighted by molar-refractivity contribution is 5.87. The zero-order valence-electron chi connectivity index (χ0n) is 14.6. The van der Waals surface area contributed by atoms with Gasteiger partial charge < -0.3 is 15.2 Å². The molecular weight excluding hydrogens is 333 g/mol. The van der Waals surface area contributed by atoms with E-state index in [-0.39, 0.29) is 29.1 Å². The predicted octanol–water partition coefficient (Wildman–Crippen LogP) is 2.53. The number of carbonyl (C=O) groups excluding carboxylic acids is 2. The molecule has 2 N–H and O–H groups in total. The number of amides is 2. The van der Waals surface area contributed by atoms with Crippen molar-refractivity contribution < 1.29 is 14.0 Å². The fraction of sp³-hybridized carbons (Fsp3) is 0.400. The molecule has 1 aliphatic carbocycles. The summed E-state index contributed by atoms with van der Waals surface area (Å²) in [5, 5.41) is 3.80. The van der Waals surface area contributed by atoms with Crippen LogP contribution in [0, 0.1) is 11.2 Å². The molecule has 1 aromatic heterocycles. The third-order valence-corrected chi connectivity index (χ3v) is 5.73. The molecule has 2 heterocycles. The van der Waals surface area contributed by atoms with Crippen molar-refractivity contribution in [1.29, 1.82) is 0 Å². The topological polar surface area (TPSA) is 65.2 Å². The molecule has 6 heteroatoms. The Morgan fingerprint density at radius 2 is 2.23 bits per heavy atom. The van der Waals surface area contributed by atoms with Gasteiger partial charge in [-0.2, -0.15) is 0 Å². The normalized spacial score (nSPS) is 20.5. The van der Waals surface area contributed by atoms with Gasteiger partial charge in [0.15, 0.2) is 0 Å². The Labute approximate surface area is 151 Å². The van der Waals surface area contributed by atoms with E-state index in [2.05, 4.69) is 16.9 Å². The highest BCUT2D eigenvalue weighted by Gasteiger charge is 2.56. The average molecular weight is 355 g/mol. The molecule has 0 radical (unpaired) electrons. The average Bonchev–Trinajstić information content (AvgIpc) is 3.17. The van der Waals surface area contributed by atoms with Crippen molar-refractivity contribution >= 4 is 22.7 Å². The number of benzene rings is 1. The summed E-state index contributed by atoms with van der Waals surface area (Å²) in [5.74, 6) is -0.380. The molecule has 136 valence electrons. The summed E-state index contributed by atoms with van der Waals surface area (Å²) >= 11 is 0. The van der Waals surface area contributed by atoms with Crippen molar-refractivity contribution in [1.82, 2.24) is 15.2 Å². The highest BCUT2D eigenvalue weighted by atomic mass is 19.1. The summed E-state index contributed by atoms with van der Waals surface area (Å²) < 4.78 is 13.5. The number of hydrogen-bond donors (Lipinski definition) is 2. The number of hydrogen-bond acceptors (Lipinski definition) is 2. The van der Waals surface area contributed by atoms with Crippen LogP contribution in [0.5, 0.6) is 0 Å². The molecular formula is C20H22FN3O2. The maximum absolute atomic E-state index is 13.5. The van der Waals surface area contributed by atoms with Crippen LogP contribution in [-0.2, 0) is 16.0 Å². The Hall–Kier alpha value is -2.63. The fourth-order valence-corrected chi connectivity index (χ4v) is 4.01. The smallest absolute Gasteiger partial charge is 0.243 e. The lowest BCUT2D eigenvalue weighted by molar-refractivity contribution is -0.130. The standard InChI is InChI=1S/C20H22FN3O2/c1-2-18(25)23-17-11-24(12-20(17)7-8-20)19(26)6-3-13-10-22-16-5-4-14(21)9-15(13)16/h2,4-5,9-10,17,22H,1,3,6-8,11-12H2,(H,23,25). The lowest BCUT2D eigenvalue weighted by atomic mass is 10.0. The lowest BCUT2D eigenvalue weighted by Gasteiger charge is -2.17. The van der Waals surface area contributed by atoms with Gasteiger partial charge in [0.2, 0.25) is 11.8 Å². The molecule has 1 aliphatic heterocycles. The second-order valence-electron chi connectivity index (χ2n) is 7.41. The van der Waals surface area contributed by atoms with Crippen LogP contribution in [0.25, 0.3) is 10.9 Å². The van der Waals surface area contributed by atoms with Gasteiger partial charge in [0, 0.05) is 42.0 Å². The van der Waals surface area contributed by atoms with E-state index in [1.54, 1.807) is 6.07 Å². The monoisotopic (exact) mass is 355 g/mol. The van der Waals surface area contributed by atoms with Crippen molar-refractivity contribution in [2.45, 2.75) is 31.7 Å². The second kappa shape index (κ2) is 6.27. The van der Waals surface area contributed by atoms with Crippen LogP contribution >= 0.6 is 0 Å². The minimum absolute atomic E-state index is 0.0131. The quantitative estimate of drug-likeness (QED) is 0.810. The third-order valence-electron chi connectivity index (χ3n) is 5.73. The number of aromatic amines is 1. The van der Waals surface area contributed by atoms with Crippen LogP contribution in [0.4, 0.5) is 4.39 Å². The molecule has 2 amide bonds. The third kappa shape index (κ3) is 3.00. The molecule has 26 heavy (non-hydrogen) atoms. The summed E-state index contributed by atoms with van der Waals surface area (Å²) in [4.78, 5) is 29.3. The first-order valence-corrected chi connectivity index (χ1v) is 8.97. The molecule has 1 aromatic carbocycles. The molecule has 1 atom stereocenters. The minimum atomic E-state index is -0.277.